The van der Waals surface area contributed by atoms with Crippen molar-refractivity contribution in [3.05, 3.63) is 230 Å². The zero-order valence-corrected chi connectivity index (χ0v) is 31.9. The Kier molecular flexibility index (Phi) is 10.3. The minimum absolute atomic E-state index is 1.09. The Morgan fingerprint density at radius 3 is 0.929 bits per heavy atom. The van der Waals surface area contributed by atoms with Gasteiger partial charge in [-0.1, -0.05) is 170 Å². The average molecular weight is 721 g/mol. The van der Waals surface area contributed by atoms with E-state index in [1.165, 1.54) is 11.1 Å². The molecule has 0 aliphatic rings. The summed E-state index contributed by atoms with van der Waals surface area (Å²) in [5.41, 5.74) is 18.3. The van der Waals surface area contributed by atoms with E-state index in [1.54, 1.807) is 0 Å². The van der Waals surface area contributed by atoms with Gasteiger partial charge in [0, 0.05) is 33.9 Å². The van der Waals surface area contributed by atoms with Gasteiger partial charge in [-0.05, 0) is 108 Å². The number of para-hydroxylation sites is 2. The largest absolute Gasteiger partial charge is 0.310 e. The number of anilines is 6. The fourth-order valence-electron chi connectivity index (χ4n) is 7.27. The highest BCUT2D eigenvalue weighted by Gasteiger charge is 2.19. The van der Waals surface area contributed by atoms with Crippen LogP contribution >= 0.6 is 0 Å². The molecular weight excluding hydrogens is 677 g/mol. The molecule has 8 aromatic rings. The first kappa shape index (κ1) is 35.8. The fraction of sp³-hybridized carbons (Fsp3) is 0.0370. The molecule has 0 aromatic heterocycles. The van der Waals surface area contributed by atoms with Crippen LogP contribution in [0.3, 0.4) is 0 Å². The van der Waals surface area contributed by atoms with Crippen LogP contribution < -0.4 is 9.80 Å². The molecule has 56 heavy (non-hydrogen) atoms. The standard InChI is InChI=1S/C54H44N2/c1-5-41-19-23-45(24-20-41)51-11-7-9-13-53(51)55(47-31-15-39(3)16-32-47)49-35-27-43(28-36-49)44-29-37-50(38-30-44)56(48-33-17-40(4)18-34-48)54-14-10-8-12-52(54)46-25-21-42(6-2)22-26-46/h5-38H,1-2H2,3-4H3. The minimum atomic E-state index is 1.09. The van der Waals surface area contributed by atoms with Gasteiger partial charge in [0.25, 0.3) is 0 Å². The second-order valence-electron chi connectivity index (χ2n) is 14.1. The molecular formula is C54H44N2. The maximum atomic E-state index is 3.94. The van der Waals surface area contributed by atoms with E-state index in [2.05, 4.69) is 231 Å². The zero-order valence-electron chi connectivity index (χ0n) is 31.9. The van der Waals surface area contributed by atoms with Crippen molar-refractivity contribution in [2.45, 2.75) is 13.8 Å². The Morgan fingerprint density at radius 1 is 0.321 bits per heavy atom. The summed E-state index contributed by atoms with van der Waals surface area (Å²) < 4.78 is 0. The number of aryl methyl sites for hydroxylation is 2. The first-order valence-corrected chi connectivity index (χ1v) is 19.1. The molecule has 0 atom stereocenters. The number of rotatable bonds is 11. The Labute approximate surface area is 331 Å². The summed E-state index contributed by atoms with van der Waals surface area (Å²) in [6.07, 6.45) is 3.76. The molecule has 0 amide bonds. The van der Waals surface area contributed by atoms with Crippen LogP contribution in [-0.2, 0) is 0 Å². The summed E-state index contributed by atoms with van der Waals surface area (Å²) >= 11 is 0. The molecule has 2 nitrogen and oxygen atoms in total. The maximum Gasteiger partial charge on any atom is 0.0540 e. The van der Waals surface area contributed by atoms with Crippen LogP contribution in [0.25, 0.3) is 45.5 Å². The van der Waals surface area contributed by atoms with Gasteiger partial charge in [0.1, 0.15) is 0 Å². The lowest BCUT2D eigenvalue weighted by atomic mass is 9.99. The lowest BCUT2D eigenvalue weighted by Gasteiger charge is -2.28. The maximum absolute atomic E-state index is 3.94. The highest BCUT2D eigenvalue weighted by Crippen LogP contribution is 2.43. The van der Waals surface area contributed by atoms with Crippen LogP contribution in [0, 0.1) is 13.8 Å². The molecule has 0 N–H and O–H groups in total. The predicted octanol–water partition coefficient (Wildman–Crippen LogP) is 15.5. The molecule has 0 heterocycles. The van der Waals surface area contributed by atoms with Crippen molar-refractivity contribution < 1.29 is 0 Å². The Morgan fingerprint density at radius 2 is 0.607 bits per heavy atom. The van der Waals surface area contributed by atoms with E-state index >= 15 is 0 Å². The Bertz CT molecular complexity index is 2390. The average Bonchev–Trinajstić information content (AvgIpc) is 3.26. The lowest BCUT2D eigenvalue weighted by Crippen LogP contribution is -2.11. The van der Waals surface area contributed by atoms with Gasteiger partial charge in [-0.2, -0.15) is 0 Å². The van der Waals surface area contributed by atoms with Crippen molar-refractivity contribution in [3.63, 3.8) is 0 Å². The third kappa shape index (κ3) is 7.46. The van der Waals surface area contributed by atoms with Crippen LogP contribution in [0.15, 0.2) is 207 Å². The van der Waals surface area contributed by atoms with Crippen LogP contribution in [0.2, 0.25) is 0 Å². The molecule has 0 bridgehead atoms. The van der Waals surface area contributed by atoms with Gasteiger partial charge < -0.3 is 9.80 Å². The molecule has 0 saturated carbocycles. The van der Waals surface area contributed by atoms with Gasteiger partial charge in [-0.25, -0.2) is 0 Å². The second-order valence-corrected chi connectivity index (χ2v) is 14.1. The van der Waals surface area contributed by atoms with Crippen molar-refractivity contribution >= 4 is 46.3 Å². The van der Waals surface area contributed by atoms with E-state index < -0.39 is 0 Å². The van der Waals surface area contributed by atoms with E-state index in [0.29, 0.717) is 0 Å². The molecule has 0 spiro atoms. The smallest absolute Gasteiger partial charge is 0.0540 e. The summed E-state index contributed by atoms with van der Waals surface area (Å²) in [5.74, 6) is 0. The summed E-state index contributed by atoms with van der Waals surface area (Å²) in [4.78, 5) is 4.70. The van der Waals surface area contributed by atoms with E-state index in [9.17, 15) is 0 Å². The van der Waals surface area contributed by atoms with Gasteiger partial charge in [-0.3, -0.25) is 0 Å². The monoisotopic (exact) mass is 720 g/mol. The van der Waals surface area contributed by atoms with Crippen LogP contribution in [-0.4, -0.2) is 0 Å². The quantitative estimate of drug-likeness (QED) is 0.131. The van der Waals surface area contributed by atoms with Gasteiger partial charge >= 0.3 is 0 Å². The normalized spacial score (nSPS) is 10.8. The summed E-state index contributed by atoms with van der Waals surface area (Å²) in [7, 11) is 0. The van der Waals surface area contributed by atoms with E-state index in [-0.39, 0.29) is 0 Å². The first-order chi connectivity index (χ1) is 27.5. The van der Waals surface area contributed by atoms with Crippen LogP contribution in [0.5, 0.6) is 0 Å². The molecule has 0 radical (unpaired) electrons. The molecule has 8 rings (SSSR count). The highest BCUT2D eigenvalue weighted by molar-refractivity contribution is 5.90. The molecule has 0 saturated heterocycles. The first-order valence-electron chi connectivity index (χ1n) is 19.1. The Hall–Kier alpha value is -7.16. The molecule has 0 unspecified atom stereocenters. The zero-order chi connectivity index (χ0) is 38.4. The summed E-state index contributed by atoms with van der Waals surface area (Å²) in [6, 6.07) is 69.8. The van der Waals surface area contributed by atoms with Crippen molar-refractivity contribution in [2.75, 3.05) is 9.80 Å². The van der Waals surface area contributed by atoms with Gasteiger partial charge in [-0.15, -0.1) is 0 Å². The molecule has 2 heteroatoms. The Balaban J connectivity index is 1.15. The molecule has 270 valence electrons. The van der Waals surface area contributed by atoms with Gasteiger partial charge in [0.05, 0.1) is 11.4 Å². The van der Waals surface area contributed by atoms with Crippen LogP contribution in [0.4, 0.5) is 34.1 Å². The number of nitrogens with zero attached hydrogens (tertiary/aromatic N) is 2. The van der Waals surface area contributed by atoms with Crippen molar-refractivity contribution in [2.24, 2.45) is 0 Å². The lowest BCUT2D eigenvalue weighted by molar-refractivity contribution is 1.27. The number of hydrogen-bond donors (Lipinski definition) is 0. The van der Waals surface area contributed by atoms with E-state index in [1.807, 2.05) is 12.2 Å². The second kappa shape index (κ2) is 16.1. The number of benzene rings is 8. The molecule has 0 aliphatic heterocycles. The third-order valence-electron chi connectivity index (χ3n) is 10.4. The predicted molar refractivity (Wildman–Crippen MR) is 242 cm³/mol. The van der Waals surface area contributed by atoms with Crippen molar-refractivity contribution in [1.29, 1.82) is 0 Å². The van der Waals surface area contributed by atoms with E-state index in [0.717, 1.165) is 78.6 Å². The fourth-order valence-corrected chi connectivity index (χ4v) is 7.27. The highest BCUT2D eigenvalue weighted by atomic mass is 15.1. The minimum Gasteiger partial charge on any atom is -0.310 e. The number of hydrogen-bond acceptors (Lipinski definition) is 2. The third-order valence-corrected chi connectivity index (χ3v) is 10.4. The topological polar surface area (TPSA) is 6.48 Å². The molecule has 0 aliphatic carbocycles. The van der Waals surface area contributed by atoms with E-state index in [4.69, 9.17) is 0 Å². The van der Waals surface area contributed by atoms with Crippen LogP contribution in [0.1, 0.15) is 22.3 Å². The summed E-state index contributed by atoms with van der Waals surface area (Å²) in [5, 5.41) is 0. The van der Waals surface area contributed by atoms with Gasteiger partial charge in [0.2, 0.25) is 0 Å². The summed E-state index contributed by atoms with van der Waals surface area (Å²) in [6.45, 7) is 12.1. The van der Waals surface area contributed by atoms with Gasteiger partial charge in [0.15, 0.2) is 0 Å². The van der Waals surface area contributed by atoms with Crippen molar-refractivity contribution in [3.8, 4) is 33.4 Å². The SMILES string of the molecule is C=Cc1ccc(-c2ccccc2N(c2ccc(C)cc2)c2ccc(-c3ccc(N(c4ccc(C)cc4)c4ccccc4-c4ccc(C=C)cc4)cc3)cc2)cc1. The van der Waals surface area contributed by atoms with Crippen molar-refractivity contribution in [1.82, 2.24) is 0 Å². The molecule has 0 fully saturated rings. The molecule has 8 aromatic carbocycles.